The average Bonchev–Trinajstić information content (AvgIpc) is 2.83. The third-order valence-electron chi connectivity index (χ3n) is 3.95. The number of carboxylic acid groups (broad SMARTS) is 1. The molecule has 0 radical (unpaired) electrons. The molecule has 2 aliphatic heterocycles. The van der Waals surface area contributed by atoms with E-state index in [4.69, 9.17) is 9.47 Å². The van der Waals surface area contributed by atoms with Gasteiger partial charge in [0.1, 0.15) is 6.04 Å². The van der Waals surface area contributed by atoms with Crippen LogP contribution in [0.1, 0.15) is 26.2 Å². The molecular weight excluding hydrogens is 264 g/mol. The summed E-state index contributed by atoms with van der Waals surface area (Å²) < 4.78 is 10.6. The van der Waals surface area contributed by atoms with Crippen molar-refractivity contribution < 1.29 is 24.2 Å². The van der Waals surface area contributed by atoms with Gasteiger partial charge in [0.2, 0.25) is 0 Å². The number of aliphatic carboxylic acids is 1. The van der Waals surface area contributed by atoms with E-state index in [1.165, 1.54) is 12.0 Å². The number of rotatable bonds is 3. The summed E-state index contributed by atoms with van der Waals surface area (Å²) in [6.07, 6.45) is 1.76. The molecule has 7 heteroatoms. The van der Waals surface area contributed by atoms with E-state index in [-0.39, 0.29) is 24.3 Å². The molecule has 2 rings (SSSR count). The minimum absolute atomic E-state index is 0.0438. The zero-order valence-corrected chi connectivity index (χ0v) is 11.9. The Bertz CT molecular complexity index is 376. The van der Waals surface area contributed by atoms with Gasteiger partial charge in [-0.15, -0.1) is 0 Å². The standard InChI is InChI=1S/C13H22N2O5/c1-8-5-9(3-4-20-8)14-13(18)15-7-10(19-2)6-11(15)12(16)17/h8-11H,3-7H2,1-2H3,(H,14,18)(H,16,17). The molecule has 7 nitrogen and oxygen atoms in total. The molecule has 2 fully saturated rings. The normalized spacial score (nSPS) is 34.0. The molecule has 114 valence electrons. The van der Waals surface area contributed by atoms with E-state index < -0.39 is 12.0 Å². The van der Waals surface area contributed by atoms with Crippen molar-refractivity contribution in [2.45, 2.75) is 50.5 Å². The van der Waals surface area contributed by atoms with Crippen molar-refractivity contribution in [3.63, 3.8) is 0 Å². The highest BCUT2D eigenvalue weighted by Crippen LogP contribution is 2.21. The quantitative estimate of drug-likeness (QED) is 0.786. The monoisotopic (exact) mass is 286 g/mol. The summed E-state index contributed by atoms with van der Waals surface area (Å²) in [5.74, 6) is -0.986. The highest BCUT2D eigenvalue weighted by atomic mass is 16.5. The van der Waals surface area contributed by atoms with Crippen LogP contribution in [0.4, 0.5) is 4.79 Å². The van der Waals surface area contributed by atoms with Crippen molar-refractivity contribution >= 4 is 12.0 Å². The maximum absolute atomic E-state index is 12.3. The molecule has 0 spiro atoms. The first kappa shape index (κ1) is 15.1. The number of nitrogens with one attached hydrogen (secondary N) is 1. The van der Waals surface area contributed by atoms with Crippen molar-refractivity contribution in [3.05, 3.63) is 0 Å². The van der Waals surface area contributed by atoms with Crippen LogP contribution in [0.2, 0.25) is 0 Å². The molecule has 0 bridgehead atoms. The Morgan fingerprint density at radius 1 is 1.40 bits per heavy atom. The Morgan fingerprint density at radius 3 is 2.75 bits per heavy atom. The van der Waals surface area contributed by atoms with Crippen LogP contribution in [0.5, 0.6) is 0 Å². The van der Waals surface area contributed by atoms with E-state index in [2.05, 4.69) is 5.32 Å². The lowest BCUT2D eigenvalue weighted by molar-refractivity contribution is -0.141. The summed E-state index contributed by atoms with van der Waals surface area (Å²) in [5, 5.41) is 12.1. The van der Waals surface area contributed by atoms with E-state index in [0.29, 0.717) is 19.6 Å². The van der Waals surface area contributed by atoms with Gasteiger partial charge < -0.3 is 24.8 Å². The molecule has 4 atom stereocenters. The molecular formula is C13H22N2O5. The zero-order chi connectivity index (χ0) is 14.7. The van der Waals surface area contributed by atoms with Crippen molar-refractivity contribution in [2.75, 3.05) is 20.3 Å². The summed E-state index contributed by atoms with van der Waals surface area (Å²) >= 11 is 0. The van der Waals surface area contributed by atoms with Gasteiger partial charge in [-0.25, -0.2) is 9.59 Å². The second-order valence-electron chi connectivity index (χ2n) is 5.45. The van der Waals surface area contributed by atoms with Gasteiger partial charge in [-0.2, -0.15) is 0 Å². The van der Waals surface area contributed by atoms with E-state index >= 15 is 0 Å². The van der Waals surface area contributed by atoms with Crippen LogP contribution in [0, 0.1) is 0 Å². The Morgan fingerprint density at radius 2 is 2.15 bits per heavy atom. The third-order valence-corrected chi connectivity index (χ3v) is 3.95. The number of amides is 2. The van der Waals surface area contributed by atoms with Crippen molar-refractivity contribution in [2.24, 2.45) is 0 Å². The summed E-state index contributed by atoms with van der Waals surface area (Å²) in [7, 11) is 1.53. The first-order chi connectivity index (χ1) is 9.51. The van der Waals surface area contributed by atoms with E-state index in [9.17, 15) is 14.7 Å². The summed E-state index contributed by atoms with van der Waals surface area (Å²) in [6.45, 7) is 2.91. The number of urea groups is 1. The number of methoxy groups -OCH3 is 1. The van der Waals surface area contributed by atoms with Gasteiger partial charge in [-0.1, -0.05) is 0 Å². The van der Waals surface area contributed by atoms with Crippen LogP contribution in [0.15, 0.2) is 0 Å². The van der Waals surface area contributed by atoms with Gasteiger partial charge in [-0.3, -0.25) is 0 Å². The molecule has 2 amide bonds. The Hall–Kier alpha value is -1.34. The number of nitrogens with zero attached hydrogens (tertiary/aromatic N) is 1. The smallest absolute Gasteiger partial charge is 0.326 e. The highest BCUT2D eigenvalue weighted by Gasteiger charge is 2.40. The van der Waals surface area contributed by atoms with Crippen LogP contribution in [0.25, 0.3) is 0 Å². The van der Waals surface area contributed by atoms with Gasteiger partial charge in [-0.05, 0) is 19.8 Å². The summed E-state index contributed by atoms with van der Waals surface area (Å²) in [4.78, 5) is 24.8. The van der Waals surface area contributed by atoms with Crippen LogP contribution in [-0.4, -0.2) is 66.6 Å². The predicted octanol–water partition coefficient (Wildman–Crippen LogP) is 0.437. The van der Waals surface area contributed by atoms with Crippen LogP contribution in [0.3, 0.4) is 0 Å². The molecule has 0 saturated carbocycles. The van der Waals surface area contributed by atoms with Crippen LogP contribution >= 0.6 is 0 Å². The Kier molecular flexibility index (Phi) is 4.82. The molecule has 2 aliphatic rings. The molecule has 4 unspecified atom stereocenters. The van der Waals surface area contributed by atoms with E-state index in [1.54, 1.807) is 0 Å². The van der Waals surface area contributed by atoms with Gasteiger partial charge in [0.15, 0.2) is 0 Å². The number of ether oxygens (including phenoxy) is 2. The van der Waals surface area contributed by atoms with Gasteiger partial charge in [0.05, 0.1) is 12.2 Å². The molecule has 0 aromatic carbocycles. The van der Waals surface area contributed by atoms with E-state index in [0.717, 1.165) is 12.8 Å². The fourth-order valence-corrected chi connectivity index (χ4v) is 2.81. The fraction of sp³-hybridized carbons (Fsp3) is 0.846. The lowest BCUT2D eigenvalue weighted by Crippen LogP contribution is -2.51. The highest BCUT2D eigenvalue weighted by molar-refractivity contribution is 5.83. The minimum atomic E-state index is -0.986. The third kappa shape index (κ3) is 3.40. The fourth-order valence-electron chi connectivity index (χ4n) is 2.81. The van der Waals surface area contributed by atoms with E-state index in [1.807, 2.05) is 6.92 Å². The average molecular weight is 286 g/mol. The first-order valence-electron chi connectivity index (χ1n) is 6.95. The summed E-state index contributed by atoms with van der Waals surface area (Å²) in [5.41, 5.74) is 0. The molecule has 0 aromatic rings. The number of hydrogen-bond acceptors (Lipinski definition) is 4. The van der Waals surface area contributed by atoms with Crippen LogP contribution in [-0.2, 0) is 14.3 Å². The number of carbonyl (C=O) groups is 2. The molecule has 2 saturated heterocycles. The lowest BCUT2D eigenvalue weighted by Gasteiger charge is -2.30. The van der Waals surface area contributed by atoms with Gasteiger partial charge in [0.25, 0.3) is 0 Å². The number of hydrogen-bond donors (Lipinski definition) is 2. The minimum Gasteiger partial charge on any atom is -0.480 e. The Balaban J connectivity index is 1.94. The number of likely N-dealkylation sites (tertiary alicyclic amines) is 1. The second-order valence-corrected chi connectivity index (χ2v) is 5.45. The van der Waals surface area contributed by atoms with Crippen molar-refractivity contribution in [3.8, 4) is 0 Å². The maximum Gasteiger partial charge on any atom is 0.326 e. The topological polar surface area (TPSA) is 88.1 Å². The predicted molar refractivity (Wildman–Crippen MR) is 70.5 cm³/mol. The number of carbonyl (C=O) groups excluding carboxylic acids is 1. The molecule has 20 heavy (non-hydrogen) atoms. The Labute approximate surface area is 118 Å². The van der Waals surface area contributed by atoms with Crippen molar-refractivity contribution in [1.29, 1.82) is 0 Å². The van der Waals surface area contributed by atoms with Crippen molar-refractivity contribution in [1.82, 2.24) is 10.2 Å². The van der Waals surface area contributed by atoms with Gasteiger partial charge in [0, 0.05) is 32.7 Å². The largest absolute Gasteiger partial charge is 0.480 e. The molecule has 2 N–H and O–H groups in total. The second kappa shape index (κ2) is 6.41. The molecule has 0 aromatic heterocycles. The van der Waals surface area contributed by atoms with Gasteiger partial charge >= 0.3 is 12.0 Å². The zero-order valence-electron chi connectivity index (χ0n) is 11.9. The maximum atomic E-state index is 12.3. The lowest BCUT2D eigenvalue weighted by atomic mass is 10.0. The van der Waals surface area contributed by atoms with Crippen LogP contribution < -0.4 is 5.32 Å². The molecule has 0 aliphatic carbocycles. The first-order valence-corrected chi connectivity index (χ1v) is 6.95. The molecule has 2 heterocycles. The SMILES string of the molecule is COC1CC(C(=O)O)N(C(=O)NC2CCOC(C)C2)C1. The number of carboxylic acids is 1. The summed E-state index contributed by atoms with van der Waals surface area (Å²) in [6, 6.07) is -1.09.